The quantitative estimate of drug-likeness (QED) is 0.471. The highest BCUT2D eigenvalue weighted by molar-refractivity contribution is 9.10. The van der Waals surface area contributed by atoms with Crippen LogP contribution < -0.4 is 5.73 Å². The Balaban J connectivity index is 1.94. The molecule has 0 saturated heterocycles. The number of carbonyl (C=O) groups is 1. The minimum absolute atomic E-state index is 0.448. The fourth-order valence-electron chi connectivity index (χ4n) is 2.85. The maximum absolute atomic E-state index is 12.1. The molecule has 0 atom stereocenters. The van der Waals surface area contributed by atoms with Gasteiger partial charge in [0.1, 0.15) is 5.65 Å². The summed E-state index contributed by atoms with van der Waals surface area (Å²) in [7, 11) is 0. The number of nitrogens with zero attached hydrogens (tertiary/aromatic N) is 1. The highest BCUT2D eigenvalue weighted by atomic mass is 79.9. The number of hydrogen-bond acceptors (Lipinski definition) is 2. The smallest absolute Gasteiger partial charge is 0.249 e. The van der Waals surface area contributed by atoms with Gasteiger partial charge in [0.05, 0.1) is 0 Å². The second kappa shape index (κ2) is 5.65. The minimum atomic E-state index is -0.478. The van der Waals surface area contributed by atoms with Gasteiger partial charge in [0.25, 0.3) is 0 Å². The van der Waals surface area contributed by atoms with E-state index in [0.29, 0.717) is 5.57 Å². The average Bonchev–Trinajstić information content (AvgIpc) is 3.16. The molecule has 0 aliphatic heterocycles. The molecule has 3 aromatic heterocycles. The number of nitrogens with one attached hydrogen (secondary N) is 2. The monoisotopic (exact) mass is 380 g/mol. The molecule has 4 aromatic rings. The van der Waals surface area contributed by atoms with E-state index >= 15 is 0 Å². The molecule has 0 spiro atoms. The Hall–Kier alpha value is -2.86. The number of carbonyl (C=O) groups excluding carboxylic acids is 1. The van der Waals surface area contributed by atoms with Gasteiger partial charge in [-0.1, -0.05) is 15.9 Å². The highest BCUT2D eigenvalue weighted by Crippen LogP contribution is 2.30. The number of amides is 1. The zero-order valence-electron chi connectivity index (χ0n) is 12.5. The number of halogens is 1. The van der Waals surface area contributed by atoms with Gasteiger partial charge >= 0.3 is 0 Å². The molecule has 118 valence electrons. The second-order valence-electron chi connectivity index (χ2n) is 5.46. The Morgan fingerprint density at radius 2 is 2.04 bits per heavy atom. The van der Waals surface area contributed by atoms with Gasteiger partial charge in [-0.3, -0.25) is 4.79 Å². The van der Waals surface area contributed by atoms with Crippen LogP contribution in [0.2, 0.25) is 0 Å². The number of H-pyrrole nitrogens is 2. The Morgan fingerprint density at radius 3 is 2.88 bits per heavy atom. The maximum Gasteiger partial charge on any atom is 0.249 e. The molecule has 0 saturated carbocycles. The van der Waals surface area contributed by atoms with Crippen LogP contribution in [-0.2, 0) is 4.79 Å². The molecule has 3 heterocycles. The molecule has 0 aliphatic rings. The lowest BCUT2D eigenvalue weighted by Gasteiger charge is -2.03. The molecular weight excluding hydrogens is 368 g/mol. The van der Waals surface area contributed by atoms with Crippen molar-refractivity contribution in [3.8, 4) is 0 Å². The van der Waals surface area contributed by atoms with Crippen molar-refractivity contribution in [1.82, 2.24) is 15.0 Å². The van der Waals surface area contributed by atoms with Crippen LogP contribution in [0.15, 0.2) is 53.4 Å². The fourth-order valence-corrected chi connectivity index (χ4v) is 3.21. The first-order chi connectivity index (χ1) is 11.6. The van der Waals surface area contributed by atoms with E-state index in [-0.39, 0.29) is 0 Å². The Morgan fingerprint density at radius 1 is 1.17 bits per heavy atom. The first-order valence-electron chi connectivity index (χ1n) is 7.34. The van der Waals surface area contributed by atoms with Gasteiger partial charge in [-0.2, -0.15) is 0 Å². The number of aromatic amines is 2. The number of rotatable bonds is 3. The lowest BCUT2D eigenvalue weighted by atomic mass is 10.0. The largest absolute Gasteiger partial charge is 0.366 e. The van der Waals surface area contributed by atoms with Crippen molar-refractivity contribution >= 4 is 55.4 Å². The lowest BCUT2D eigenvalue weighted by Crippen LogP contribution is -2.12. The summed E-state index contributed by atoms with van der Waals surface area (Å²) in [4.78, 5) is 22.6. The van der Waals surface area contributed by atoms with E-state index < -0.39 is 5.91 Å². The van der Waals surface area contributed by atoms with Gasteiger partial charge in [-0.15, -0.1) is 0 Å². The van der Waals surface area contributed by atoms with Crippen LogP contribution >= 0.6 is 15.9 Å². The van der Waals surface area contributed by atoms with Gasteiger partial charge < -0.3 is 15.7 Å². The van der Waals surface area contributed by atoms with Crippen molar-refractivity contribution in [1.29, 1.82) is 0 Å². The van der Waals surface area contributed by atoms with Crippen LogP contribution in [0.3, 0.4) is 0 Å². The predicted octanol–water partition coefficient (Wildman–Crippen LogP) is 3.83. The van der Waals surface area contributed by atoms with Crippen molar-refractivity contribution in [2.75, 3.05) is 0 Å². The standard InChI is InChI=1S/C18H13BrN4O/c19-11-3-4-16-13(7-11)15(9-22-16)14(17(20)24)6-10-8-23-18-12(10)2-1-5-21-18/h1-9,22H,(H2,20,24)(H,21,23). The SMILES string of the molecule is NC(=O)C(=Cc1c[nH]c2ncccc12)c1c[nH]c2ccc(Br)cc12. The van der Waals surface area contributed by atoms with Gasteiger partial charge in [-0.25, -0.2) is 4.98 Å². The Bertz CT molecular complexity index is 1110. The predicted molar refractivity (Wildman–Crippen MR) is 99.2 cm³/mol. The lowest BCUT2D eigenvalue weighted by molar-refractivity contribution is -0.112. The third kappa shape index (κ3) is 2.41. The first-order valence-corrected chi connectivity index (χ1v) is 8.13. The van der Waals surface area contributed by atoms with Crippen LogP contribution in [-0.4, -0.2) is 20.9 Å². The first kappa shape index (κ1) is 14.7. The van der Waals surface area contributed by atoms with Gasteiger partial charge in [0.2, 0.25) is 5.91 Å². The van der Waals surface area contributed by atoms with Crippen LogP contribution in [0.5, 0.6) is 0 Å². The van der Waals surface area contributed by atoms with Crippen LogP contribution in [0, 0.1) is 0 Å². The van der Waals surface area contributed by atoms with E-state index in [9.17, 15) is 4.79 Å². The van der Waals surface area contributed by atoms with Crippen molar-refractivity contribution in [3.63, 3.8) is 0 Å². The highest BCUT2D eigenvalue weighted by Gasteiger charge is 2.15. The topological polar surface area (TPSA) is 87.6 Å². The molecule has 1 amide bonds. The fraction of sp³-hybridized carbons (Fsp3) is 0. The summed E-state index contributed by atoms with van der Waals surface area (Å²) in [5.41, 5.74) is 9.47. The maximum atomic E-state index is 12.1. The molecule has 0 unspecified atom stereocenters. The molecule has 0 bridgehead atoms. The third-order valence-corrected chi connectivity index (χ3v) is 4.48. The molecular formula is C18H13BrN4O. The van der Waals surface area contributed by atoms with Crippen LogP contribution in [0.4, 0.5) is 0 Å². The Kier molecular flexibility index (Phi) is 3.46. The van der Waals surface area contributed by atoms with Gasteiger partial charge in [0.15, 0.2) is 0 Å². The van der Waals surface area contributed by atoms with Crippen molar-refractivity contribution in [2.24, 2.45) is 5.73 Å². The van der Waals surface area contributed by atoms with Crippen LogP contribution in [0.1, 0.15) is 11.1 Å². The number of benzene rings is 1. The summed E-state index contributed by atoms with van der Waals surface area (Å²) in [6.45, 7) is 0. The molecule has 0 radical (unpaired) electrons. The molecule has 24 heavy (non-hydrogen) atoms. The molecule has 4 rings (SSSR count). The normalized spacial score (nSPS) is 12.1. The van der Waals surface area contributed by atoms with Crippen molar-refractivity contribution in [2.45, 2.75) is 0 Å². The zero-order chi connectivity index (χ0) is 16.7. The summed E-state index contributed by atoms with van der Waals surface area (Å²) >= 11 is 3.47. The molecule has 1 aromatic carbocycles. The van der Waals surface area contributed by atoms with E-state index in [2.05, 4.69) is 30.9 Å². The number of primary amides is 1. The summed E-state index contributed by atoms with van der Waals surface area (Å²) in [5.74, 6) is -0.478. The molecule has 0 fully saturated rings. The van der Waals surface area contributed by atoms with E-state index in [1.54, 1.807) is 18.5 Å². The molecule has 6 heteroatoms. The molecule has 0 aliphatic carbocycles. The molecule has 5 nitrogen and oxygen atoms in total. The Labute approximate surface area is 145 Å². The van der Waals surface area contributed by atoms with E-state index in [4.69, 9.17) is 5.73 Å². The minimum Gasteiger partial charge on any atom is -0.366 e. The zero-order valence-corrected chi connectivity index (χ0v) is 14.1. The summed E-state index contributed by atoms with van der Waals surface area (Å²) in [6, 6.07) is 9.68. The summed E-state index contributed by atoms with van der Waals surface area (Å²) < 4.78 is 0.941. The van der Waals surface area contributed by atoms with Crippen molar-refractivity contribution < 1.29 is 4.79 Å². The summed E-state index contributed by atoms with van der Waals surface area (Å²) in [6.07, 6.45) is 7.15. The van der Waals surface area contributed by atoms with E-state index in [0.717, 1.165) is 37.5 Å². The van der Waals surface area contributed by atoms with E-state index in [1.807, 2.05) is 36.5 Å². The number of nitrogens with two attached hydrogens (primary N) is 1. The van der Waals surface area contributed by atoms with E-state index in [1.165, 1.54) is 0 Å². The van der Waals surface area contributed by atoms with Crippen LogP contribution in [0.25, 0.3) is 33.6 Å². The number of fused-ring (bicyclic) bond motifs is 2. The summed E-state index contributed by atoms with van der Waals surface area (Å²) in [5, 5.41) is 1.88. The number of pyridine rings is 1. The molecule has 4 N–H and O–H groups in total. The average molecular weight is 381 g/mol. The second-order valence-corrected chi connectivity index (χ2v) is 6.37. The van der Waals surface area contributed by atoms with Gasteiger partial charge in [0, 0.05) is 56.1 Å². The number of aromatic nitrogens is 3. The number of hydrogen-bond donors (Lipinski definition) is 3. The van der Waals surface area contributed by atoms with Gasteiger partial charge in [-0.05, 0) is 36.4 Å². The third-order valence-electron chi connectivity index (χ3n) is 3.98. The van der Waals surface area contributed by atoms with Crippen molar-refractivity contribution in [3.05, 3.63) is 64.5 Å².